The molecule has 1 aliphatic rings. The van der Waals surface area contributed by atoms with E-state index in [0.29, 0.717) is 0 Å². The van der Waals surface area contributed by atoms with E-state index in [9.17, 15) is 0 Å². The Kier molecular flexibility index (Phi) is 2.13. The van der Waals surface area contributed by atoms with Crippen molar-refractivity contribution < 1.29 is 0 Å². The molecule has 64 valence electrons. The summed E-state index contributed by atoms with van der Waals surface area (Å²) in [6.07, 6.45) is 4.93. The fourth-order valence-corrected chi connectivity index (χ4v) is 1.96. The summed E-state index contributed by atoms with van der Waals surface area (Å²) in [7, 11) is 0. The molecule has 1 aromatic rings. The lowest BCUT2D eigenvalue weighted by Crippen LogP contribution is -2.09. The highest BCUT2D eigenvalue weighted by atomic mass is 14.6. The van der Waals surface area contributed by atoms with E-state index in [1.165, 1.54) is 30.4 Å². The van der Waals surface area contributed by atoms with Gasteiger partial charge in [-0.25, -0.2) is 0 Å². The maximum Gasteiger partial charge on any atom is 0.0297 e. The lowest BCUT2D eigenvalue weighted by Gasteiger charge is -2.11. The Hall–Kier alpha value is -0.820. The summed E-state index contributed by atoms with van der Waals surface area (Å²) in [5.41, 5.74) is 8.88. The normalized spacial score (nSPS) is 22.9. The van der Waals surface area contributed by atoms with Gasteiger partial charge in [-0.05, 0) is 30.4 Å². The van der Waals surface area contributed by atoms with Crippen LogP contribution in [0.3, 0.4) is 0 Å². The maximum absolute atomic E-state index is 6.05. The van der Waals surface area contributed by atoms with E-state index in [1.54, 1.807) is 0 Å². The van der Waals surface area contributed by atoms with Crippen LogP contribution in [-0.2, 0) is 6.42 Å². The van der Waals surface area contributed by atoms with E-state index in [1.807, 2.05) is 0 Å². The van der Waals surface area contributed by atoms with E-state index in [-0.39, 0.29) is 6.04 Å². The summed E-state index contributed by atoms with van der Waals surface area (Å²) >= 11 is 0. The Morgan fingerprint density at radius 2 is 2.00 bits per heavy atom. The van der Waals surface area contributed by atoms with Crippen LogP contribution in [0.5, 0.6) is 0 Å². The van der Waals surface area contributed by atoms with E-state index >= 15 is 0 Å². The Morgan fingerprint density at radius 3 is 2.92 bits per heavy atom. The molecule has 2 rings (SSSR count). The largest absolute Gasteiger partial charge is 0.324 e. The van der Waals surface area contributed by atoms with Gasteiger partial charge in [0.25, 0.3) is 0 Å². The summed E-state index contributed by atoms with van der Waals surface area (Å²) in [6.45, 7) is 0. The van der Waals surface area contributed by atoms with Crippen molar-refractivity contribution in [3.05, 3.63) is 35.4 Å². The van der Waals surface area contributed by atoms with Crippen molar-refractivity contribution in [1.82, 2.24) is 0 Å². The topological polar surface area (TPSA) is 26.0 Å². The summed E-state index contributed by atoms with van der Waals surface area (Å²) in [5, 5.41) is 0. The molecule has 0 radical (unpaired) electrons. The second kappa shape index (κ2) is 3.28. The van der Waals surface area contributed by atoms with Crippen molar-refractivity contribution in [3.8, 4) is 0 Å². The fourth-order valence-electron chi connectivity index (χ4n) is 1.96. The van der Waals surface area contributed by atoms with Gasteiger partial charge in [-0.2, -0.15) is 0 Å². The van der Waals surface area contributed by atoms with Gasteiger partial charge in [0.1, 0.15) is 0 Å². The van der Waals surface area contributed by atoms with Crippen molar-refractivity contribution in [2.24, 2.45) is 5.73 Å². The minimum Gasteiger partial charge on any atom is -0.324 e. The van der Waals surface area contributed by atoms with Gasteiger partial charge < -0.3 is 5.73 Å². The van der Waals surface area contributed by atoms with Gasteiger partial charge in [0.05, 0.1) is 0 Å². The first-order valence-corrected chi connectivity index (χ1v) is 4.71. The van der Waals surface area contributed by atoms with Crippen LogP contribution in [0.4, 0.5) is 0 Å². The molecule has 1 nitrogen and oxygen atoms in total. The zero-order valence-corrected chi connectivity index (χ0v) is 7.29. The van der Waals surface area contributed by atoms with Gasteiger partial charge >= 0.3 is 0 Å². The second-order valence-electron chi connectivity index (χ2n) is 3.55. The number of rotatable bonds is 0. The van der Waals surface area contributed by atoms with Crippen LogP contribution in [0.2, 0.25) is 0 Å². The molecule has 1 unspecified atom stereocenters. The summed E-state index contributed by atoms with van der Waals surface area (Å²) in [4.78, 5) is 0. The highest BCUT2D eigenvalue weighted by Crippen LogP contribution is 2.26. The molecular weight excluding hydrogens is 146 g/mol. The van der Waals surface area contributed by atoms with Crippen LogP contribution < -0.4 is 5.73 Å². The molecule has 0 bridgehead atoms. The van der Waals surface area contributed by atoms with Crippen molar-refractivity contribution in [1.29, 1.82) is 0 Å². The number of fused-ring (bicyclic) bond motifs is 1. The van der Waals surface area contributed by atoms with Crippen LogP contribution in [0, 0.1) is 0 Å². The van der Waals surface area contributed by atoms with Gasteiger partial charge in [0.2, 0.25) is 0 Å². The SMILES string of the molecule is NC1CCCCc2ccccc21. The molecule has 12 heavy (non-hydrogen) atoms. The monoisotopic (exact) mass is 161 g/mol. The first-order valence-electron chi connectivity index (χ1n) is 4.71. The van der Waals surface area contributed by atoms with Crippen molar-refractivity contribution in [3.63, 3.8) is 0 Å². The van der Waals surface area contributed by atoms with E-state index in [0.717, 1.165) is 6.42 Å². The molecule has 0 saturated heterocycles. The number of aryl methyl sites for hydroxylation is 1. The van der Waals surface area contributed by atoms with Gasteiger partial charge in [-0.3, -0.25) is 0 Å². The molecule has 0 aromatic heterocycles. The number of hydrogen-bond acceptors (Lipinski definition) is 1. The molecule has 0 heterocycles. The van der Waals surface area contributed by atoms with Crippen LogP contribution in [0.25, 0.3) is 0 Å². The third kappa shape index (κ3) is 1.37. The molecule has 0 aliphatic heterocycles. The lowest BCUT2D eigenvalue weighted by molar-refractivity contribution is 0.615. The predicted molar refractivity (Wildman–Crippen MR) is 50.9 cm³/mol. The van der Waals surface area contributed by atoms with Gasteiger partial charge in [-0.15, -0.1) is 0 Å². The minimum atomic E-state index is 0.281. The third-order valence-electron chi connectivity index (χ3n) is 2.67. The standard InChI is InChI=1S/C11H15N/c12-11-8-4-2-6-9-5-1-3-7-10(9)11/h1,3,5,7,11H,2,4,6,8,12H2. The summed E-state index contributed by atoms with van der Waals surface area (Å²) < 4.78 is 0. The molecule has 0 amide bonds. The van der Waals surface area contributed by atoms with Gasteiger partial charge in [0, 0.05) is 6.04 Å². The Labute approximate surface area is 73.6 Å². The molecule has 1 heteroatoms. The average Bonchev–Trinajstić information content (AvgIpc) is 2.29. The summed E-state index contributed by atoms with van der Waals surface area (Å²) in [6, 6.07) is 8.86. The minimum absolute atomic E-state index is 0.281. The van der Waals surface area contributed by atoms with Crippen molar-refractivity contribution >= 4 is 0 Å². The van der Waals surface area contributed by atoms with Gasteiger partial charge in [0.15, 0.2) is 0 Å². The van der Waals surface area contributed by atoms with E-state index < -0.39 is 0 Å². The quantitative estimate of drug-likeness (QED) is 0.581. The van der Waals surface area contributed by atoms with Crippen LogP contribution >= 0.6 is 0 Å². The first-order chi connectivity index (χ1) is 5.88. The van der Waals surface area contributed by atoms with Crippen molar-refractivity contribution in [2.45, 2.75) is 31.7 Å². The molecule has 1 aliphatic carbocycles. The fraction of sp³-hybridized carbons (Fsp3) is 0.455. The number of hydrogen-bond donors (Lipinski definition) is 1. The van der Waals surface area contributed by atoms with E-state index in [4.69, 9.17) is 5.73 Å². The second-order valence-corrected chi connectivity index (χ2v) is 3.55. The molecule has 1 atom stereocenters. The summed E-state index contributed by atoms with van der Waals surface area (Å²) in [5.74, 6) is 0. The Morgan fingerprint density at radius 1 is 1.17 bits per heavy atom. The van der Waals surface area contributed by atoms with Crippen LogP contribution in [0.15, 0.2) is 24.3 Å². The average molecular weight is 161 g/mol. The molecule has 0 fully saturated rings. The number of benzene rings is 1. The van der Waals surface area contributed by atoms with E-state index in [2.05, 4.69) is 24.3 Å². The van der Waals surface area contributed by atoms with Crippen LogP contribution in [0.1, 0.15) is 36.4 Å². The lowest BCUT2D eigenvalue weighted by atomic mass is 10.0. The zero-order valence-electron chi connectivity index (χ0n) is 7.29. The highest BCUT2D eigenvalue weighted by Gasteiger charge is 2.13. The van der Waals surface area contributed by atoms with Crippen molar-refractivity contribution in [2.75, 3.05) is 0 Å². The third-order valence-corrected chi connectivity index (χ3v) is 2.67. The van der Waals surface area contributed by atoms with Crippen LogP contribution in [-0.4, -0.2) is 0 Å². The smallest absolute Gasteiger partial charge is 0.0297 e. The first kappa shape index (κ1) is 7.81. The van der Waals surface area contributed by atoms with Gasteiger partial charge in [-0.1, -0.05) is 30.7 Å². The molecular formula is C11H15N. The molecule has 0 spiro atoms. The maximum atomic E-state index is 6.05. The Bertz CT molecular complexity index is 267. The zero-order chi connectivity index (χ0) is 8.39. The predicted octanol–water partition coefficient (Wildman–Crippen LogP) is 2.41. The number of nitrogens with two attached hydrogens (primary N) is 1. The molecule has 0 saturated carbocycles. The highest BCUT2D eigenvalue weighted by molar-refractivity contribution is 5.30. The Balaban J connectivity index is 2.39. The molecule has 1 aromatic carbocycles. The molecule has 2 N–H and O–H groups in total.